The lowest BCUT2D eigenvalue weighted by Crippen LogP contribution is -2.31. The first-order chi connectivity index (χ1) is 15.6. The van der Waals surface area contributed by atoms with Gasteiger partial charge in [-0.1, -0.05) is 47.7 Å². The zero-order valence-corrected chi connectivity index (χ0v) is 17.9. The lowest BCUT2D eigenvalue weighted by molar-refractivity contribution is -0.121. The summed E-state index contributed by atoms with van der Waals surface area (Å²) in [6.45, 7) is 0.202. The van der Waals surface area contributed by atoms with Crippen molar-refractivity contribution in [3.05, 3.63) is 80.4 Å². The molecule has 2 aromatic carbocycles. The van der Waals surface area contributed by atoms with Crippen molar-refractivity contribution >= 4 is 51.7 Å². The van der Waals surface area contributed by atoms with Crippen LogP contribution in [0.15, 0.2) is 64.5 Å². The molecule has 32 heavy (non-hydrogen) atoms. The van der Waals surface area contributed by atoms with Crippen LogP contribution in [-0.4, -0.2) is 33.3 Å². The van der Waals surface area contributed by atoms with Crippen molar-refractivity contribution in [1.82, 2.24) is 14.9 Å². The summed E-state index contributed by atoms with van der Waals surface area (Å²) in [6.07, 6.45) is 6.03. The Bertz CT molecular complexity index is 1440. The third-order valence-electron chi connectivity index (χ3n) is 5.43. The highest BCUT2D eigenvalue weighted by Crippen LogP contribution is 2.34. The normalized spacial score (nSPS) is 13.7. The van der Waals surface area contributed by atoms with Gasteiger partial charge in [0, 0.05) is 41.0 Å². The molecule has 4 aromatic rings. The summed E-state index contributed by atoms with van der Waals surface area (Å²) in [5.41, 5.74) is 4.77. The molecule has 3 heterocycles. The van der Waals surface area contributed by atoms with Crippen molar-refractivity contribution in [3.63, 3.8) is 0 Å². The molecule has 0 saturated carbocycles. The summed E-state index contributed by atoms with van der Waals surface area (Å²) in [5, 5.41) is 14.5. The Labute approximate surface area is 187 Å². The van der Waals surface area contributed by atoms with E-state index in [9.17, 15) is 14.7 Å². The molecular weight excluding hydrogens is 424 g/mol. The first-order valence-electron chi connectivity index (χ1n) is 10.2. The van der Waals surface area contributed by atoms with Gasteiger partial charge in [-0.05, 0) is 30.2 Å². The number of aliphatic imine (C=N–C) groups is 1. The lowest BCUT2D eigenvalue weighted by Gasteiger charge is -2.06. The van der Waals surface area contributed by atoms with Gasteiger partial charge in [0.1, 0.15) is 6.54 Å². The average Bonchev–Trinajstić information content (AvgIpc) is 3.47. The van der Waals surface area contributed by atoms with Crippen LogP contribution < -0.4 is 10.2 Å². The highest BCUT2D eigenvalue weighted by molar-refractivity contribution is 7.10. The topological polar surface area (TPSA) is 99.5 Å². The number of thiazole rings is 1. The van der Waals surface area contributed by atoms with Crippen LogP contribution >= 0.6 is 11.3 Å². The predicted octanol–water partition coefficient (Wildman–Crippen LogP) is 3.71. The zero-order valence-electron chi connectivity index (χ0n) is 17.0. The van der Waals surface area contributed by atoms with Crippen molar-refractivity contribution in [1.29, 1.82) is 0 Å². The van der Waals surface area contributed by atoms with Crippen LogP contribution in [-0.2, 0) is 17.8 Å². The van der Waals surface area contributed by atoms with E-state index in [0.29, 0.717) is 17.8 Å². The number of hydrogen-bond donors (Lipinski definition) is 3. The van der Waals surface area contributed by atoms with E-state index in [2.05, 4.69) is 15.3 Å². The first-order valence-corrected chi connectivity index (χ1v) is 11.0. The monoisotopic (exact) mass is 444 g/mol. The second kappa shape index (κ2) is 8.32. The first kappa shape index (κ1) is 20.0. The average molecular weight is 445 g/mol. The Morgan fingerprint density at radius 2 is 2.00 bits per heavy atom. The molecule has 0 saturated heterocycles. The highest BCUT2D eigenvalue weighted by Gasteiger charge is 2.18. The molecule has 1 aliphatic rings. The number of carbonyl (C=O) groups is 1. The molecule has 0 spiro atoms. The molecule has 160 valence electrons. The quantitative estimate of drug-likeness (QED) is 0.423. The number of nitrogens with one attached hydrogen (secondary N) is 2. The number of hydrogen-bond acceptors (Lipinski definition) is 5. The van der Waals surface area contributed by atoms with Gasteiger partial charge in [0.05, 0.1) is 10.6 Å². The van der Waals surface area contributed by atoms with E-state index in [4.69, 9.17) is 0 Å². The molecule has 0 fully saturated rings. The number of carbonyl (C=O) groups excluding carboxylic acids is 1. The minimum Gasteiger partial charge on any atom is -0.493 e. The second-order valence-corrected chi connectivity index (χ2v) is 8.47. The van der Waals surface area contributed by atoms with Crippen molar-refractivity contribution in [2.75, 3.05) is 6.54 Å². The molecule has 8 heteroatoms. The fourth-order valence-corrected chi connectivity index (χ4v) is 4.65. The van der Waals surface area contributed by atoms with Gasteiger partial charge in [0.25, 0.3) is 0 Å². The lowest BCUT2D eigenvalue weighted by atomic mass is 10.1. The number of amides is 1. The predicted molar refractivity (Wildman–Crippen MR) is 128 cm³/mol. The molecule has 0 aliphatic carbocycles. The summed E-state index contributed by atoms with van der Waals surface area (Å²) in [4.78, 5) is 32.4. The van der Waals surface area contributed by atoms with Crippen LogP contribution in [0.1, 0.15) is 16.0 Å². The van der Waals surface area contributed by atoms with E-state index < -0.39 is 0 Å². The number of para-hydroxylation sites is 2. The third kappa shape index (κ3) is 3.76. The van der Waals surface area contributed by atoms with Crippen LogP contribution in [0.2, 0.25) is 0 Å². The molecule has 0 radical (unpaired) electrons. The van der Waals surface area contributed by atoms with Gasteiger partial charge in [-0.25, -0.2) is 0 Å². The Kier molecular flexibility index (Phi) is 5.20. The van der Waals surface area contributed by atoms with Crippen molar-refractivity contribution < 1.29 is 9.90 Å². The van der Waals surface area contributed by atoms with Gasteiger partial charge in [0.15, 0.2) is 0 Å². The summed E-state index contributed by atoms with van der Waals surface area (Å²) in [5.74, 6) is -0.538. The number of aromatic amines is 1. The number of aromatic hydroxyl groups is 1. The van der Waals surface area contributed by atoms with Crippen LogP contribution in [0.5, 0.6) is 5.88 Å². The Morgan fingerprint density at radius 3 is 2.91 bits per heavy atom. The van der Waals surface area contributed by atoms with Crippen molar-refractivity contribution in [2.24, 2.45) is 4.99 Å². The zero-order chi connectivity index (χ0) is 22.1. The maximum Gasteiger partial charge on any atom is 0.311 e. The SMILES string of the molecule is O=C(Cn1c(O)c(C=C2C=Nc3ccccc32)sc1=O)NCCc1c[nH]c2ccccc12. The van der Waals surface area contributed by atoms with Crippen LogP contribution in [0.4, 0.5) is 5.69 Å². The molecule has 0 atom stereocenters. The van der Waals surface area contributed by atoms with Crippen LogP contribution in [0, 0.1) is 0 Å². The molecule has 1 aliphatic heterocycles. The van der Waals surface area contributed by atoms with Crippen LogP contribution in [0.25, 0.3) is 22.6 Å². The molecule has 7 nitrogen and oxygen atoms in total. The molecule has 2 aromatic heterocycles. The Hall–Kier alpha value is -3.91. The van der Waals surface area contributed by atoms with Crippen LogP contribution in [0.3, 0.4) is 0 Å². The molecule has 1 amide bonds. The Balaban J connectivity index is 1.25. The minimum absolute atomic E-state index is 0.211. The van der Waals surface area contributed by atoms with E-state index in [-0.39, 0.29) is 23.2 Å². The van der Waals surface area contributed by atoms with E-state index in [0.717, 1.165) is 49.2 Å². The molecule has 0 unspecified atom stereocenters. The number of H-pyrrole nitrogens is 1. The van der Waals surface area contributed by atoms with Gasteiger partial charge >= 0.3 is 4.87 Å². The Morgan fingerprint density at radius 1 is 1.19 bits per heavy atom. The van der Waals surface area contributed by atoms with Crippen molar-refractivity contribution in [3.8, 4) is 5.88 Å². The van der Waals surface area contributed by atoms with Gasteiger partial charge in [-0.2, -0.15) is 0 Å². The minimum atomic E-state index is -0.385. The summed E-state index contributed by atoms with van der Waals surface area (Å²) in [6, 6.07) is 15.7. The number of nitrogens with zero attached hydrogens (tertiary/aromatic N) is 2. The fourth-order valence-electron chi connectivity index (χ4n) is 3.82. The molecule has 5 rings (SSSR count). The third-order valence-corrected chi connectivity index (χ3v) is 6.35. The van der Waals surface area contributed by atoms with Crippen molar-refractivity contribution in [2.45, 2.75) is 13.0 Å². The number of benzene rings is 2. The summed E-state index contributed by atoms with van der Waals surface area (Å²) >= 11 is 0.903. The molecule has 3 N–H and O–H groups in total. The second-order valence-electron chi connectivity index (χ2n) is 7.48. The summed E-state index contributed by atoms with van der Waals surface area (Å²) < 4.78 is 1.09. The fraction of sp³-hybridized carbons (Fsp3) is 0.125. The van der Waals surface area contributed by atoms with E-state index in [1.54, 1.807) is 12.3 Å². The van der Waals surface area contributed by atoms with Gasteiger partial charge in [0.2, 0.25) is 11.8 Å². The number of aromatic nitrogens is 2. The summed E-state index contributed by atoms with van der Waals surface area (Å²) in [7, 11) is 0. The number of rotatable bonds is 6. The van der Waals surface area contributed by atoms with E-state index in [1.165, 1.54) is 0 Å². The maximum absolute atomic E-state index is 12.4. The highest BCUT2D eigenvalue weighted by atomic mass is 32.1. The number of fused-ring (bicyclic) bond motifs is 2. The maximum atomic E-state index is 12.4. The molecular formula is C24H20N4O3S. The smallest absolute Gasteiger partial charge is 0.311 e. The van der Waals surface area contributed by atoms with Gasteiger partial charge < -0.3 is 15.4 Å². The molecule has 0 bridgehead atoms. The standard InChI is InChI=1S/C24H20N4O3S/c29-22(25-10-9-15-12-26-19-7-3-1-5-17(15)19)14-28-23(30)21(32-24(28)31)11-16-13-27-20-8-4-2-6-18(16)20/h1-8,11-13,26,30H,9-10,14H2,(H,25,29). The largest absolute Gasteiger partial charge is 0.493 e. The van der Waals surface area contributed by atoms with Gasteiger partial charge in [-0.3, -0.25) is 19.1 Å². The van der Waals surface area contributed by atoms with E-state index >= 15 is 0 Å². The van der Waals surface area contributed by atoms with E-state index in [1.807, 2.05) is 54.7 Å². The number of allylic oxidation sites excluding steroid dienone is 1. The van der Waals surface area contributed by atoms with Gasteiger partial charge in [-0.15, -0.1) is 0 Å².